The zero-order chi connectivity index (χ0) is 23.1. The number of hydrogen-bond donors (Lipinski definition) is 0. The zero-order valence-corrected chi connectivity index (χ0v) is 20.4. The van der Waals surface area contributed by atoms with Gasteiger partial charge in [-0.25, -0.2) is 0 Å². The van der Waals surface area contributed by atoms with Crippen LogP contribution in [0.3, 0.4) is 0 Å². The molecule has 2 saturated heterocycles. The van der Waals surface area contributed by atoms with E-state index in [4.69, 9.17) is 18.6 Å². The first-order chi connectivity index (χ1) is 14.8. The molecule has 3 aromatic carbocycles. The number of hydrogen-bond acceptors (Lipinski definition) is 4. The van der Waals surface area contributed by atoms with Crippen molar-refractivity contribution in [3.05, 3.63) is 48.5 Å². The minimum absolute atomic E-state index is 0.447. The van der Waals surface area contributed by atoms with E-state index in [9.17, 15) is 0 Å². The lowest BCUT2D eigenvalue weighted by molar-refractivity contribution is 0.00578. The summed E-state index contributed by atoms with van der Waals surface area (Å²) in [4.78, 5) is 0. The van der Waals surface area contributed by atoms with Crippen molar-refractivity contribution < 1.29 is 18.6 Å². The summed E-state index contributed by atoms with van der Waals surface area (Å²) >= 11 is 0. The Balaban J connectivity index is 1.83. The van der Waals surface area contributed by atoms with Crippen LogP contribution in [0.25, 0.3) is 21.5 Å². The van der Waals surface area contributed by atoms with Gasteiger partial charge in [0.05, 0.1) is 22.4 Å². The Morgan fingerprint density at radius 3 is 0.969 bits per heavy atom. The first kappa shape index (κ1) is 22.0. The van der Waals surface area contributed by atoms with Gasteiger partial charge in [0.25, 0.3) is 0 Å². The van der Waals surface area contributed by atoms with E-state index in [1.165, 1.54) is 10.8 Å². The Hall–Kier alpha value is -1.85. The van der Waals surface area contributed by atoms with E-state index in [-0.39, 0.29) is 0 Å². The maximum atomic E-state index is 6.58. The van der Waals surface area contributed by atoms with Crippen LogP contribution in [0.4, 0.5) is 0 Å². The highest BCUT2D eigenvalue weighted by Crippen LogP contribution is 2.40. The van der Waals surface area contributed by atoms with Crippen molar-refractivity contribution in [3.8, 4) is 0 Å². The van der Waals surface area contributed by atoms with E-state index in [1.807, 2.05) is 0 Å². The lowest BCUT2D eigenvalue weighted by atomic mass is 9.61. The molecular weight excluding hydrogens is 398 g/mol. The van der Waals surface area contributed by atoms with Crippen molar-refractivity contribution in [2.45, 2.75) is 77.8 Å². The Morgan fingerprint density at radius 1 is 0.438 bits per heavy atom. The molecule has 0 amide bonds. The second-order valence-electron chi connectivity index (χ2n) is 11.1. The molecule has 2 fully saturated rings. The van der Waals surface area contributed by atoms with E-state index in [2.05, 4.69) is 104 Å². The van der Waals surface area contributed by atoms with Crippen LogP contribution in [0.5, 0.6) is 0 Å². The fraction of sp³-hybridized carbons (Fsp3) is 0.462. The van der Waals surface area contributed by atoms with Crippen molar-refractivity contribution in [3.63, 3.8) is 0 Å². The average molecular weight is 430 g/mol. The fourth-order valence-corrected chi connectivity index (χ4v) is 4.63. The average Bonchev–Trinajstić information content (AvgIpc) is 3.06. The molecule has 166 valence electrons. The van der Waals surface area contributed by atoms with Crippen LogP contribution < -0.4 is 10.9 Å². The largest absolute Gasteiger partial charge is 0.495 e. The van der Waals surface area contributed by atoms with Gasteiger partial charge in [0.2, 0.25) is 0 Å². The molecule has 0 radical (unpaired) electrons. The number of benzene rings is 3. The molecule has 0 spiro atoms. The van der Waals surface area contributed by atoms with Crippen molar-refractivity contribution in [1.82, 2.24) is 0 Å². The Morgan fingerprint density at radius 2 is 0.688 bits per heavy atom. The molecule has 0 N–H and O–H groups in total. The molecule has 3 aromatic rings. The third-order valence-corrected chi connectivity index (χ3v) is 7.99. The smallest absolute Gasteiger partial charge is 0.399 e. The van der Waals surface area contributed by atoms with E-state index >= 15 is 0 Å². The normalized spacial score (nSPS) is 23.4. The second kappa shape index (κ2) is 6.83. The molecule has 2 aliphatic heterocycles. The summed E-state index contributed by atoms with van der Waals surface area (Å²) in [6.07, 6.45) is 0. The zero-order valence-electron chi connectivity index (χ0n) is 20.4. The third kappa shape index (κ3) is 3.07. The molecule has 5 rings (SSSR count). The summed E-state index contributed by atoms with van der Waals surface area (Å²) in [5.74, 6) is 0. The summed E-state index contributed by atoms with van der Waals surface area (Å²) in [6, 6.07) is 16.9. The van der Waals surface area contributed by atoms with Crippen LogP contribution in [0.15, 0.2) is 48.5 Å². The molecule has 0 bridgehead atoms. The van der Waals surface area contributed by atoms with Gasteiger partial charge in [0, 0.05) is 0 Å². The minimum atomic E-state index is -0.525. The van der Waals surface area contributed by atoms with Crippen LogP contribution in [-0.4, -0.2) is 36.6 Å². The molecule has 4 nitrogen and oxygen atoms in total. The standard InChI is InChI=1S/C26H32B2O4/c1-23(2)24(3,4)30-27(29-23)21-19-15-11-9-13-17(19)18-14-10-12-16-20(18)22(21)28-31-25(5,6)26(7,8)32-28/h9-16H,1-8H3. The summed E-state index contributed by atoms with van der Waals surface area (Å²) in [6.45, 7) is 16.7. The van der Waals surface area contributed by atoms with Crippen molar-refractivity contribution in [1.29, 1.82) is 0 Å². The van der Waals surface area contributed by atoms with E-state index in [0.717, 1.165) is 21.7 Å². The van der Waals surface area contributed by atoms with Crippen LogP contribution in [0.2, 0.25) is 0 Å². The lowest BCUT2D eigenvalue weighted by Gasteiger charge is -2.32. The van der Waals surface area contributed by atoms with E-state index in [0.29, 0.717) is 0 Å². The Kier molecular flexibility index (Phi) is 4.69. The summed E-state index contributed by atoms with van der Waals surface area (Å²) < 4.78 is 26.3. The van der Waals surface area contributed by atoms with Gasteiger partial charge < -0.3 is 18.6 Å². The van der Waals surface area contributed by atoms with Gasteiger partial charge in [-0.05, 0) is 87.9 Å². The van der Waals surface area contributed by atoms with Gasteiger partial charge in [-0.2, -0.15) is 0 Å². The molecule has 0 aromatic heterocycles. The molecule has 0 unspecified atom stereocenters. The highest BCUT2D eigenvalue weighted by Gasteiger charge is 2.56. The van der Waals surface area contributed by atoms with Crippen molar-refractivity contribution in [2.75, 3.05) is 0 Å². The SMILES string of the molecule is CC1(C)OB(c2c(B3OC(C)(C)C(C)(C)O3)c3ccccc3c3ccccc23)OC1(C)C. The molecule has 0 atom stereocenters. The Labute approximate surface area is 191 Å². The van der Waals surface area contributed by atoms with Crippen molar-refractivity contribution in [2.24, 2.45) is 0 Å². The maximum absolute atomic E-state index is 6.58. The topological polar surface area (TPSA) is 36.9 Å². The molecule has 0 saturated carbocycles. The fourth-order valence-electron chi connectivity index (χ4n) is 4.63. The summed E-state index contributed by atoms with van der Waals surface area (Å²) in [5.41, 5.74) is 0.206. The minimum Gasteiger partial charge on any atom is -0.399 e. The molecule has 32 heavy (non-hydrogen) atoms. The second-order valence-corrected chi connectivity index (χ2v) is 11.1. The van der Waals surface area contributed by atoms with Gasteiger partial charge in [-0.15, -0.1) is 0 Å². The third-order valence-electron chi connectivity index (χ3n) is 7.99. The van der Waals surface area contributed by atoms with Crippen LogP contribution >= 0.6 is 0 Å². The van der Waals surface area contributed by atoms with Crippen LogP contribution in [0, 0.1) is 0 Å². The predicted molar refractivity (Wildman–Crippen MR) is 133 cm³/mol. The van der Waals surface area contributed by atoms with E-state index in [1.54, 1.807) is 0 Å². The highest BCUT2D eigenvalue weighted by atomic mass is 16.7. The summed E-state index contributed by atoms with van der Waals surface area (Å²) in [5, 5.41) is 4.56. The molecule has 2 heterocycles. The quantitative estimate of drug-likeness (QED) is 0.441. The molecule has 2 aliphatic rings. The van der Waals surface area contributed by atoms with Crippen molar-refractivity contribution >= 4 is 46.7 Å². The monoisotopic (exact) mass is 430 g/mol. The van der Waals surface area contributed by atoms with Crippen LogP contribution in [-0.2, 0) is 18.6 Å². The van der Waals surface area contributed by atoms with Gasteiger partial charge in [0.1, 0.15) is 0 Å². The predicted octanol–water partition coefficient (Wildman–Crippen LogP) is 4.59. The maximum Gasteiger partial charge on any atom is 0.495 e. The Bertz CT molecular complexity index is 1090. The van der Waals surface area contributed by atoms with Gasteiger partial charge in [-0.1, -0.05) is 48.5 Å². The summed E-state index contributed by atoms with van der Waals surface area (Å²) in [7, 11) is -1.05. The van der Waals surface area contributed by atoms with Gasteiger partial charge in [0.15, 0.2) is 0 Å². The molecule has 6 heteroatoms. The van der Waals surface area contributed by atoms with Gasteiger partial charge >= 0.3 is 14.2 Å². The van der Waals surface area contributed by atoms with Gasteiger partial charge in [-0.3, -0.25) is 0 Å². The highest BCUT2D eigenvalue weighted by molar-refractivity contribution is 6.79. The molecule has 0 aliphatic carbocycles. The first-order valence-corrected chi connectivity index (χ1v) is 11.5. The first-order valence-electron chi connectivity index (χ1n) is 11.5. The number of rotatable bonds is 2. The number of fused-ring (bicyclic) bond motifs is 3. The lowest BCUT2D eigenvalue weighted by Crippen LogP contribution is -2.52. The molecular formula is C26H32B2O4. The van der Waals surface area contributed by atoms with Crippen LogP contribution in [0.1, 0.15) is 55.4 Å². The van der Waals surface area contributed by atoms with E-state index < -0.39 is 36.6 Å².